The minimum Gasteiger partial charge on any atom is -0.493 e. The third kappa shape index (κ3) is 3.76. The summed E-state index contributed by atoms with van der Waals surface area (Å²) >= 11 is 0. The molecule has 0 spiro atoms. The third-order valence-corrected chi connectivity index (χ3v) is 6.94. The van der Waals surface area contributed by atoms with Crippen LogP contribution in [0.1, 0.15) is 41.4 Å². The second-order valence-corrected chi connectivity index (χ2v) is 9.64. The molecule has 0 radical (unpaired) electrons. The number of azo groups is 1. The second kappa shape index (κ2) is 9.30. The number of carbonyl (C=O) groups excluding carboxylic acids is 1. The molecule has 0 aliphatic heterocycles. The number of nitrogens with one attached hydrogen (secondary N) is 1. The molecule has 38 heavy (non-hydrogen) atoms. The van der Waals surface area contributed by atoms with E-state index in [1.165, 1.54) is 0 Å². The van der Waals surface area contributed by atoms with Crippen LogP contribution in [-0.2, 0) is 6.54 Å². The fourth-order valence-electron chi connectivity index (χ4n) is 5.21. The van der Waals surface area contributed by atoms with Crippen LogP contribution in [0.25, 0.3) is 39.0 Å². The molecule has 0 bridgehead atoms. The number of nitrogens with zero attached hydrogens (tertiary/aromatic N) is 5. The fourth-order valence-corrected chi connectivity index (χ4v) is 5.21. The van der Waals surface area contributed by atoms with Crippen LogP contribution in [0.5, 0.6) is 5.88 Å². The fraction of sp³-hybridized carbons (Fsp3) is 0.200. The van der Waals surface area contributed by atoms with Crippen molar-refractivity contribution in [2.45, 2.75) is 40.2 Å². The van der Waals surface area contributed by atoms with Crippen LogP contribution in [0.3, 0.4) is 0 Å². The number of aryl methyl sites for hydroxylation is 3. The van der Waals surface area contributed by atoms with Gasteiger partial charge in [-0.2, -0.15) is 0 Å². The molecule has 3 aromatic carbocycles. The van der Waals surface area contributed by atoms with Crippen molar-refractivity contribution in [2.75, 3.05) is 0 Å². The van der Waals surface area contributed by atoms with Crippen LogP contribution in [0.2, 0.25) is 0 Å². The monoisotopic (exact) mass is 504 g/mol. The number of fused-ring (bicyclic) bond motifs is 4. The van der Waals surface area contributed by atoms with Gasteiger partial charge in [-0.3, -0.25) is 9.20 Å². The SMILES string of the molecule is CCCCn1c2ccccc2n2c(C(=O)N=Nc3c(O)[nH]c4c(C)cc(C)cc34)c(-c3ccccc3)nc12. The second-order valence-electron chi connectivity index (χ2n) is 9.64. The molecule has 8 nitrogen and oxygen atoms in total. The van der Waals surface area contributed by atoms with Crippen molar-refractivity contribution in [1.29, 1.82) is 0 Å². The number of unbranched alkanes of at least 4 members (excludes halogenated alkanes) is 1. The molecule has 0 unspecified atom stereocenters. The number of aromatic nitrogens is 4. The van der Waals surface area contributed by atoms with E-state index in [2.05, 4.69) is 26.7 Å². The summed E-state index contributed by atoms with van der Waals surface area (Å²) in [5.41, 5.74) is 6.62. The first kappa shape index (κ1) is 23.7. The topological polar surface area (TPSA) is 100 Å². The number of rotatable bonds is 6. The highest BCUT2D eigenvalue weighted by molar-refractivity contribution is 6.03. The van der Waals surface area contributed by atoms with Crippen LogP contribution in [0.15, 0.2) is 77.0 Å². The molecule has 0 saturated heterocycles. The van der Waals surface area contributed by atoms with E-state index in [1.807, 2.05) is 85.0 Å². The van der Waals surface area contributed by atoms with Gasteiger partial charge in [0.15, 0.2) is 5.69 Å². The standard InChI is InChI=1S/C30H28N6O2/c1-4-5-15-35-22-13-9-10-14-23(22)36-27(25(32-30(35)36)20-11-7-6-8-12-20)29(38)34-33-26-21-17-18(2)16-19(3)24(21)31-28(26)37/h6-14,16-17,31,37H,4-5,15H2,1-3H3. The lowest BCUT2D eigenvalue weighted by molar-refractivity contribution is 0.0990. The zero-order valence-electron chi connectivity index (χ0n) is 21.6. The molecule has 8 heteroatoms. The van der Waals surface area contributed by atoms with E-state index in [0.717, 1.165) is 58.0 Å². The van der Waals surface area contributed by atoms with Crippen LogP contribution >= 0.6 is 0 Å². The van der Waals surface area contributed by atoms with Gasteiger partial charge in [-0.15, -0.1) is 10.2 Å². The van der Waals surface area contributed by atoms with Crippen molar-refractivity contribution in [2.24, 2.45) is 10.2 Å². The molecule has 3 aromatic heterocycles. The van der Waals surface area contributed by atoms with E-state index in [4.69, 9.17) is 4.98 Å². The Hall–Kier alpha value is -4.72. The van der Waals surface area contributed by atoms with Crippen LogP contribution in [0, 0.1) is 13.8 Å². The number of amides is 1. The first-order chi connectivity index (χ1) is 18.5. The Bertz CT molecular complexity index is 1860. The molecule has 0 fully saturated rings. The molecule has 0 saturated carbocycles. The summed E-state index contributed by atoms with van der Waals surface area (Å²) in [7, 11) is 0. The van der Waals surface area contributed by atoms with Crippen LogP contribution in [-0.4, -0.2) is 29.9 Å². The smallest absolute Gasteiger partial charge is 0.314 e. The van der Waals surface area contributed by atoms with Gasteiger partial charge in [0.1, 0.15) is 11.4 Å². The lowest BCUT2D eigenvalue weighted by atomic mass is 10.1. The summed E-state index contributed by atoms with van der Waals surface area (Å²) in [6.07, 6.45) is 2.03. The summed E-state index contributed by atoms with van der Waals surface area (Å²) < 4.78 is 4.05. The molecule has 0 aliphatic rings. The molecule has 3 heterocycles. The Kier molecular flexibility index (Phi) is 5.79. The maximum atomic E-state index is 13.8. The molecule has 0 aliphatic carbocycles. The Morgan fingerprint density at radius 3 is 2.53 bits per heavy atom. The molecular weight excluding hydrogens is 476 g/mol. The summed E-state index contributed by atoms with van der Waals surface area (Å²) in [6, 6.07) is 21.6. The quantitative estimate of drug-likeness (QED) is 0.230. The zero-order valence-corrected chi connectivity index (χ0v) is 21.6. The molecule has 0 atom stereocenters. The van der Waals surface area contributed by atoms with Gasteiger partial charge in [0.25, 0.3) is 0 Å². The number of para-hydroxylation sites is 2. The van der Waals surface area contributed by atoms with Crippen LogP contribution in [0.4, 0.5) is 5.69 Å². The Balaban J connectivity index is 1.56. The third-order valence-electron chi connectivity index (χ3n) is 6.94. The highest BCUT2D eigenvalue weighted by atomic mass is 16.3. The number of imidazole rings is 2. The van der Waals surface area contributed by atoms with Crippen molar-refractivity contribution >= 4 is 39.3 Å². The Labute approximate surface area is 219 Å². The van der Waals surface area contributed by atoms with Crippen molar-refractivity contribution in [3.8, 4) is 17.1 Å². The highest BCUT2D eigenvalue weighted by Crippen LogP contribution is 2.38. The lowest BCUT2D eigenvalue weighted by Gasteiger charge is -2.04. The van der Waals surface area contributed by atoms with Crippen molar-refractivity contribution < 1.29 is 9.90 Å². The van der Waals surface area contributed by atoms with E-state index < -0.39 is 5.91 Å². The number of aromatic hydroxyl groups is 1. The molecule has 6 aromatic rings. The molecular formula is C30H28N6O2. The minimum absolute atomic E-state index is 0.122. The predicted octanol–water partition coefficient (Wildman–Crippen LogP) is 7.48. The Morgan fingerprint density at radius 2 is 1.76 bits per heavy atom. The number of H-pyrrole nitrogens is 1. The zero-order chi connectivity index (χ0) is 26.4. The highest BCUT2D eigenvalue weighted by Gasteiger charge is 2.26. The molecule has 2 N–H and O–H groups in total. The number of aromatic amines is 1. The van der Waals surface area contributed by atoms with E-state index in [1.54, 1.807) is 0 Å². The van der Waals surface area contributed by atoms with Crippen LogP contribution < -0.4 is 0 Å². The number of hydrogen-bond acceptors (Lipinski definition) is 4. The average molecular weight is 505 g/mol. The van der Waals surface area contributed by atoms with Crippen molar-refractivity contribution in [3.63, 3.8) is 0 Å². The van der Waals surface area contributed by atoms with E-state index in [0.29, 0.717) is 17.2 Å². The van der Waals surface area contributed by atoms with Gasteiger partial charge in [0.2, 0.25) is 11.7 Å². The predicted molar refractivity (Wildman–Crippen MR) is 149 cm³/mol. The van der Waals surface area contributed by atoms with Gasteiger partial charge in [0, 0.05) is 17.5 Å². The lowest BCUT2D eigenvalue weighted by Crippen LogP contribution is -2.02. The number of carbonyl (C=O) groups is 1. The number of benzene rings is 3. The Morgan fingerprint density at radius 1 is 1.03 bits per heavy atom. The van der Waals surface area contributed by atoms with Gasteiger partial charge in [0.05, 0.1) is 16.6 Å². The summed E-state index contributed by atoms with van der Waals surface area (Å²) in [5, 5.41) is 19.7. The van der Waals surface area contributed by atoms with Crippen molar-refractivity contribution in [1.82, 2.24) is 18.9 Å². The number of hydrogen-bond donors (Lipinski definition) is 2. The van der Waals surface area contributed by atoms with E-state index in [9.17, 15) is 9.90 Å². The summed E-state index contributed by atoms with van der Waals surface area (Å²) in [5.74, 6) is 0.0363. The maximum absolute atomic E-state index is 13.8. The van der Waals surface area contributed by atoms with Gasteiger partial charge in [-0.05, 0) is 44.0 Å². The summed E-state index contributed by atoms with van der Waals surface area (Å²) in [6.45, 7) is 6.88. The van der Waals surface area contributed by atoms with E-state index >= 15 is 0 Å². The van der Waals surface area contributed by atoms with E-state index in [-0.39, 0.29) is 11.6 Å². The van der Waals surface area contributed by atoms with Gasteiger partial charge >= 0.3 is 5.91 Å². The molecule has 1 amide bonds. The minimum atomic E-state index is -0.534. The maximum Gasteiger partial charge on any atom is 0.314 e. The molecule has 190 valence electrons. The average Bonchev–Trinajstić information content (AvgIpc) is 3.55. The van der Waals surface area contributed by atoms with Gasteiger partial charge < -0.3 is 14.7 Å². The first-order valence-corrected chi connectivity index (χ1v) is 12.8. The van der Waals surface area contributed by atoms with Crippen molar-refractivity contribution in [3.05, 3.63) is 83.6 Å². The normalized spacial score (nSPS) is 12.0. The van der Waals surface area contributed by atoms with Gasteiger partial charge in [-0.1, -0.05) is 67.4 Å². The molecule has 6 rings (SSSR count). The summed E-state index contributed by atoms with van der Waals surface area (Å²) in [4.78, 5) is 21.8. The van der Waals surface area contributed by atoms with Gasteiger partial charge in [-0.25, -0.2) is 4.98 Å². The first-order valence-electron chi connectivity index (χ1n) is 12.8. The largest absolute Gasteiger partial charge is 0.493 e.